The minimum absolute atomic E-state index is 0.642. The Labute approximate surface area is 106 Å². The molecule has 0 fully saturated rings. The summed E-state index contributed by atoms with van der Waals surface area (Å²) in [6.07, 6.45) is 7.53. The molecule has 0 saturated heterocycles. The Morgan fingerprint density at radius 2 is 2.17 bits per heavy atom. The molecule has 2 heterocycles. The molecule has 0 aliphatic heterocycles. The van der Waals surface area contributed by atoms with Gasteiger partial charge in [-0.15, -0.1) is 0 Å². The fourth-order valence-electron chi connectivity index (χ4n) is 1.79. The molecule has 0 aliphatic rings. The summed E-state index contributed by atoms with van der Waals surface area (Å²) >= 11 is 0. The van der Waals surface area contributed by atoms with Gasteiger partial charge in [0, 0.05) is 24.4 Å². The third kappa shape index (κ3) is 3.13. The third-order valence-electron chi connectivity index (χ3n) is 2.82. The molecule has 0 amide bonds. The van der Waals surface area contributed by atoms with Gasteiger partial charge < -0.3 is 10.3 Å². The van der Waals surface area contributed by atoms with Gasteiger partial charge in [-0.3, -0.25) is 4.98 Å². The summed E-state index contributed by atoms with van der Waals surface area (Å²) in [5.74, 6) is 1.34. The highest BCUT2D eigenvalue weighted by atomic mass is 16.5. The summed E-state index contributed by atoms with van der Waals surface area (Å²) in [4.78, 5) is 8.45. The number of pyridine rings is 1. The van der Waals surface area contributed by atoms with E-state index >= 15 is 0 Å². The number of unbranched alkanes of at least 4 members (excludes halogenated alkanes) is 2. The van der Waals surface area contributed by atoms with E-state index in [9.17, 15) is 0 Å². The Kier molecular flexibility index (Phi) is 4.41. The Balaban J connectivity index is 2.00. The maximum atomic E-state index is 5.45. The zero-order valence-corrected chi connectivity index (χ0v) is 10.6. The van der Waals surface area contributed by atoms with E-state index in [0.717, 1.165) is 43.4 Å². The number of aryl methyl sites for hydroxylation is 2. The second kappa shape index (κ2) is 6.26. The molecule has 0 aromatic carbocycles. The van der Waals surface area contributed by atoms with Crippen molar-refractivity contribution >= 4 is 0 Å². The molecule has 0 bridgehead atoms. The third-order valence-corrected chi connectivity index (χ3v) is 2.82. The van der Waals surface area contributed by atoms with Crippen molar-refractivity contribution in [1.82, 2.24) is 15.1 Å². The molecular formula is C13H18N4O. The quantitative estimate of drug-likeness (QED) is 0.790. The van der Waals surface area contributed by atoms with Gasteiger partial charge in [-0.1, -0.05) is 11.6 Å². The Morgan fingerprint density at radius 3 is 2.94 bits per heavy atom. The largest absolute Gasteiger partial charge is 0.339 e. The lowest BCUT2D eigenvalue weighted by molar-refractivity contribution is 0.374. The van der Waals surface area contributed by atoms with E-state index in [0.29, 0.717) is 11.7 Å². The number of hydrogen-bond acceptors (Lipinski definition) is 5. The Hall–Kier alpha value is -1.75. The van der Waals surface area contributed by atoms with Gasteiger partial charge >= 0.3 is 0 Å². The molecule has 2 N–H and O–H groups in total. The first-order valence-corrected chi connectivity index (χ1v) is 6.25. The van der Waals surface area contributed by atoms with Gasteiger partial charge in [-0.05, 0) is 37.9 Å². The SMILES string of the molecule is Cc1cnccc1-c1noc(CCCCCN)n1. The molecule has 18 heavy (non-hydrogen) atoms. The summed E-state index contributed by atoms with van der Waals surface area (Å²) in [7, 11) is 0. The van der Waals surface area contributed by atoms with Crippen molar-refractivity contribution in [3.63, 3.8) is 0 Å². The molecule has 5 nitrogen and oxygen atoms in total. The normalized spacial score (nSPS) is 10.8. The average Bonchev–Trinajstić information content (AvgIpc) is 2.84. The van der Waals surface area contributed by atoms with Crippen LogP contribution in [0.1, 0.15) is 30.7 Å². The van der Waals surface area contributed by atoms with Gasteiger partial charge in [0.1, 0.15) is 0 Å². The molecule has 0 aliphatic carbocycles. The number of rotatable bonds is 6. The van der Waals surface area contributed by atoms with Crippen molar-refractivity contribution in [1.29, 1.82) is 0 Å². The monoisotopic (exact) mass is 246 g/mol. The first-order valence-electron chi connectivity index (χ1n) is 6.25. The molecule has 96 valence electrons. The molecular weight excluding hydrogens is 228 g/mol. The zero-order valence-electron chi connectivity index (χ0n) is 10.6. The summed E-state index contributed by atoms with van der Waals surface area (Å²) < 4.78 is 5.24. The van der Waals surface area contributed by atoms with Gasteiger partial charge in [0.05, 0.1) is 0 Å². The Bertz CT molecular complexity index is 495. The van der Waals surface area contributed by atoms with Crippen LogP contribution in [0.5, 0.6) is 0 Å². The number of hydrogen-bond donors (Lipinski definition) is 1. The van der Waals surface area contributed by atoms with E-state index in [4.69, 9.17) is 10.3 Å². The number of aromatic nitrogens is 3. The molecule has 2 aromatic rings. The summed E-state index contributed by atoms with van der Waals surface area (Å²) in [5.41, 5.74) is 7.47. The second-order valence-corrected chi connectivity index (χ2v) is 4.30. The van der Waals surface area contributed by atoms with Gasteiger partial charge in [-0.25, -0.2) is 0 Å². The lowest BCUT2D eigenvalue weighted by Crippen LogP contribution is -1.98. The molecule has 0 atom stereocenters. The van der Waals surface area contributed by atoms with Crippen LogP contribution in [0.25, 0.3) is 11.4 Å². The van der Waals surface area contributed by atoms with Crippen molar-refractivity contribution in [3.05, 3.63) is 29.9 Å². The summed E-state index contributed by atoms with van der Waals surface area (Å²) in [6.45, 7) is 2.73. The standard InChI is InChI=1S/C13H18N4O/c1-10-9-15-8-6-11(10)13-16-12(18-17-13)5-3-2-4-7-14/h6,8-9H,2-5,7,14H2,1H3. The molecule has 0 saturated carbocycles. The molecule has 2 aromatic heterocycles. The van der Waals surface area contributed by atoms with Gasteiger partial charge in [-0.2, -0.15) is 4.98 Å². The van der Waals surface area contributed by atoms with Crippen LogP contribution < -0.4 is 5.73 Å². The molecule has 0 unspecified atom stereocenters. The van der Waals surface area contributed by atoms with Crippen LogP contribution in [-0.2, 0) is 6.42 Å². The zero-order chi connectivity index (χ0) is 12.8. The van der Waals surface area contributed by atoms with Crippen LogP contribution >= 0.6 is 0 Å². The topological polar surface area (TPSA) is 77.8 Å². The highest BCUT2D eigenvalue weighted by Crippen LogP contribution is 2.19. The van der Waals surface area contributed by atoms with Crippen LogP contribution in [0.3, 0.4) is 0 Å². The maximum Gasteiger partial charge on any atom is 0.226 e. The fourth-order valence-corrected chi connectivity index (χ4v) is 1.79. The van der Waals surface area contributed by atoms with Gasteiger partial charge in [0.2, 0.25) is 11.7 Å². The lowest BCUT2D eigenvalue weighted by atomic mass is 10.1. The summed E-state index contributed by atoms with van der Waals surface area (Å²) in [6, 6.07) is 1.90. The first-order chi connectivity index (χ1) is 8.81. The lowest BCUT2D eigenvalue weighted by Gasteiger charge is -1.97. The van der Waals surface area contributed by atoms with Crippen molar-refractivity contribution in [2.45, 2.75) is 32.6 Å². The van der Waals surface area contributed by atoms with E-state index in [2.05, 4.69) is 15.1 Å². The second-order valence-electron chi connectivity index (χ2n) is 4.30. The van der Waals surface area contributed by atoms with Crippen molar-refractivity contribution < 1.29 is 4.52 Å². The average molecular weight is 246 g/mol. The van der Waals surface area contributed by atoms with Crippen LogP contribution in [0.4, 0.5) is 0 Å². The first kappa shape index (κ1) is 12.7. The smallest absolute Gasteiger partial charge is 0.226 e. The predicted octanol–water partition coefficient (Wildman–Crippen LogP) is 2.11. The van der Waals surface area contributed by atoms with Crippen LogP contribution in [0.15, 0.2) is 23.0 Å². The maximum absolute atomic E-state index is 5.45. The fraction of sp³-hybridized carbons (Fsp3) is 0.462. The predicted molar refractivity (Wildman–Crippen MR) is 68.9 cm³/mol. The molecule has 5 heteroatoms. The van der Waals surface area contributed by atoms with E-state index in [1.54, 1.807) is 12.4 Å². The molecule has 0 spiro atoms. The summed E-state index contributed by atoms with van der Waals surface area (Å²) in [5, 5.41) is 4.01. The van der Waals surface area contributed by atoms with E-state index in [-0.39, 0.29) is 0 Å². The molecule has 0 radical (unpaired) electrons. The molecule has 2 rings (SSSR count). The van der Waals surface area contributed by atoms with E-state index in [1.165, 1.54) is 0 Å². The Morgan fingerprint density at radius 1 is 1.28 bits per heavy atom. The van der Waals surface area contributed by atoms with Crippen molar-refractivity contribution in [2.24, 2.45) is 5.73 Å². The number of nitrogens with two attached hydrogens (primary N) is 1. The highest BCUT2D eigenvalue weighted by molar-refractivity contribution is 5.57. The van der Waals surface area contributed by atoms with Gasteiger partial charge in [0.15, 0.2) is 0 Å². The minimum atomic E-state index is 0.642. The minimum Gasteiger partial charge on any atom is -0.339 e. The van der Waals surface area contributed by atoms with Crippen molar-refractivity contribution in [3.8, 4) is 11.4 Å². The van der Waals surface area contributed by atoms with Crippen molar-refractivity contribution in [2.75, 3.05) is 6.54 Å². The van der Waals surface area contributed by atoms with Gasteiger partial charge in [0.25, 0.3) is 0 Å². The number of nitrogens with zero attached hydrogens (tertiary/aromatic N) is 3. The van der Waals surface area contributed by atoms with Crippen LogP contribution in [0, 0.1) is 6.92 Å². The highest BCUT2D eigenvalue weighted by Gasteiger charge is 2.10. The van der Waals surface area contributed by atoms with E-state index < -0.39 is 0 Å². The van der Waals surface area contributed by atoms with Crippen LogP contribution in [-0.4, -0.2) is 21.7 Å². The van der Waals surface area contributed by atoms with E-state index in [1.807, 2.05) is 13.0 Å². The van der Waals surface area contributed by atoms with Crippen LogP contribution in [0.2, 0.25) is 0 Å².